The maximum atomic E-state index is 12.7. The molecule has 0 heterocycles. The highest BCUT2D eigenvalue weighted by Gasteiger charge is 2.33. The number of hydrogen-bond donors (Lipinski definition) is 1. The summed E-state index contributed by atoms with van der Waals surface area (Å²) >= 11 is 0. The zero-order chi connectivity index (χ0) is 21.8. The van der Waals surface area contributed by atoms with Crippen molar-refractivity contribution < 1.29 is 37.3 Å². The molecule has 29 heavy (non-hydrogen) atoms. The van der Waals surface area contributed by atoms with E-state index in [2.05, 4.69) is 0 Å². The number of hydrogen-bond acceptors (Lipinski definition) is 7. The number of carbonyl (C=O) groups excluding carboxylic acids is 1. The smallest absolute Gasteiger partial charge is 0.416 e. The molecule has 0 saturated carbocycles. The van der Waals surface area contributed by atoms with Crippen LogP contribution in [-0.2, 0) is 11.0 Å². The largest absolute Gasteiger partial charge is 0.496 e. The number of carbonyl (C=O) groups is 1. The Bertz CT molecular complexity index is 963. The summed E-state index contributed by atoms with van der Waals surface area (Å²) in [6, 6.07) is 5.18. The number of benzene rings is 2. The molecule has 0 aliphatic heterocycles. The third kappa shape index (κ3) is 5.31. The zero-order valence-corrected chi connectivity index (χ0v) is 14.6. The van der Waals surface area contributed by atoms with Crippen molar-refractivity contribution in [2.45, 2.75) is 6.18 Å². The van der Waals surface area contributed by atoms with E-state index >= 15 is 0 Å². The van der Waals surface area contributed by atoms with Crippen LogP contribution in [0.5, 0.6) is 11.5 Å². The molecule has 13 heteroatoms. The Hall–Kier alpha value is -3.90. The molecule has 0 spiro atoms. The average Bonchev–Trinajstić information content (AvgIpc) is 2.65. The number of nitrogens with one attached hydrogen (secondary N) is 1. The van der Waals surface area contributed by atoms with Gasteiger partial charge in [0.05, 0.1) is 28.6 Å². The van der Waals surface area contributed by atoms with Gasteiger partial charge in [-0.05, 0) is 24.3 Å². The summed E-state index contributed by atoms with van der Waals surface area (Å²) in [6.07, 6.45) is -4.80. The summed E-state index contributed by atoms with van der Waals surface area (Å²) in [4.78, 5) is 32.2. The monoisotopic (exact) mass is 415 g/mol. The van der Waals surface area contributed by atoms with Gasteiger partial charge in [0.25, 0.3) is 11.6 Å². The first-order valence-corrected chi connectivity index (χ1v) is 7.63. The van der Waals surface area contributed by atoms with Gasteiger partial charge in [-0.15, -0.1) is 0 Å². The van der Waals surface area contributed by atoms with Crippen LogP contribution >= 0.6 is 0 Å². The van der Waals surface area contributed by atoms with Crippen LogP contribution in [0.3, 0.4) is 0 Å². The molecule has 0 unspecified atom stereocenters. The lowest BCUT2D eigenvalue weighted by atomic mass is 10.1. The molecule has 0 aliphatic rings. The lowest BCUT2D eigenvalue weighted by Gasteiger charge is -2.11. The van der Waals surface area contributed by atoms with E-state index in [4.69, 9.17) is 9.47 Å². The molecule has 1 amide bonds. The molecule has 0 radical (unpaired) electrons. The van der Waals surface area contributed by atoms with Crippen LogP contribution in [0.15, 0.2) is 36.4 Å². The van der Waals surface area contributed by atoms with E-state index in [0.29, 0.717) is 6.07 Å². The highest BCUT2D eigenvalue weighted by molar-refractivity contribution is 5.94. The van der Waals surface area contributed by atoms with Crippen molar-refractivity contribution >= 4 is 23.0 Å². The second-order valence-electron chi connectivity index (χ2n) is 5.41. The first-order valence-electron chi connectivity index (χ1n) is 7.63. The van der Waals surface area contributed by atoms with E-state index in [1.165, 1.54) is 19.2 Å². The molecular weight excluding hydrogens is 403 g/mol. The van der Waals surface area contributed by atoms with E-state index in [0.717, 1.165) is 12.1 Å². The van der Waals surface area contributed by atoms with E-state index in [1.807, 2.05) is 5.32 Å². The van der Waals surface area contributed by atoms with Crippen LogP contribution in [0.4, 0.5) is 30.2 Å². The van der Waals surface area contributed by atoms with E-state index < -0.39 is 51.2 Å². The number of amides is 1. The van der Waals surface area contributed by atoms with Crippen molar-refractivity contribution in [3.8, 4) is 11.5 Å². The van der Waals surface area contributed by atoms with Crippen LogP contribution in [0.25, 0.3) is 0 Å². The first kappa shape index (κ1) is 21.4. The molecule has 0 saturated heterocycles. The van der Waals surface area contributed by atoms with Crippen LogP contribution < -0.4 is 14.8 Å². The van der Waals surface area contributed by atoms with Crippen molar-refractivity contribution in [1.82, 2.24) is 0 Å². The van der Waals surface area contributed by atoms with Gasteiger partial charge >= 0.3 is 11.9 Å². The molecular formula is C16H12F3N3O7. The van der Waals surface area contributed by atoms with Crippen molar-refractivity contribution in [3.63, 3.8) is 0 Å². The minimum absolute atomic E-state index is 0.175. The lowest BCUT2D eigenvalue weighted by molar-refractivity contribution is -0.385. The van der Waals surface area contributed by atoms with Gasteiger partial charge in [-0.25, -0.2) is 0 Å². The Kier molecular flexibility index (Phi) is 6.21. The quantitative estimate of drug-likeness (QED) is 0.540. The van der Waals surface area contributed by atoms with Gasteiger partial charge in [0.1, 0.15) is 11.4 Å². The zero-order valence-electron chi connectivity index (χ0n) is 14.6. The number of nitrogens with zero attached hydrogens (tertiary/aromatic N) is 2. The van der Waals surface area contributed by atoms with Gasteiger partial charge in [-0.3, -0.25) is 25.0 Å². The number of alkyl halides is 3. The van der Waals surface area contributed by atoms with Gasteiger partial charge < -0.3 is 14.8 Å². The van der Waals surface area contributed by atoms with E-state index in [1.54, 1.807) is 0 Å². The summed E-state index contributed by atoms with van der Waals surface area (Å²) in [7, 11) is 1.30. The number of anilines is 1. The molecule has 2 aromatic rings. The van der Waals surface area contributed by atoms with Crippen molar-refractivity contribution in [2.24, 2.45) is 0 Å². The molecule has 0 bridgehead atoms. The maximum absolute atomic E-state index is 12.7. The molecule has 2 aromatic carbocycles. The fraction of sp³-hybridized carbons (Fsp3) is 0.188. The Balaban J connectivity index is 2.16. The summed E-state index contributed by atoms with van der Waals surface area (Å²) in [6.45, 7) is -0.786. The van der Waals surface area contributed by atoms with Crippen molar-refractivity contribution in [1.29, 1.82) is 0 Å². The van der Waals surface area contributed by atoms with Gasteiger partial charge in [-0.2, -0.15) is 13.2 Å². The molecule has 0 aliphatic carbocycles. The number of nitro groups is 2. The van der Waals surface area contributed by atoms with Gasteiger partial charge in [0.2, 0.25) is 0 Å². The second kappa shape index (κ2) is 8.41. The summed E-state index contributed by atoms with van der Waals surface area (Å²) in [5.74, 6) is -1.07. The highest BCUT2D eigenvalue weighted by atomic mass is 19.4. The summed E-state index contributed by atoms with van der Waals surface area (Å²) in [5, 5.41) is 24.1. The highest BCUT2D eigenvalue weighted by Crippen LogP contribution is 2.35. The number of methoxy groups -OCH3 is 1. The predicted molar refractivity (Wildman–Crippen MR) is 91.9 cm³/mol. The molecule has 0 fully saturated rings. The standard InChI is InChI=1S/C16H12F3N3O7/c1-28-10-3-5-14(13(7-10)22(26)27)29-8-15(23)20-11-4-2-9(16(17,18)19)6-12(11)21(24)25/h2-7H,8H2,1H3,(H,20,23). The average molecular weight is 415 g/mol. The molecule has 1 N–H and O–H groups in total. The summed E-state index contributed by atoms with van der Waals surface area (Å²) in [5.41, 5.74) is -3.20. The SMILES string of the molecule is COc1ccc(OCC(=O)Nc2ccc(C(F)(F)F)cc2[N+](=O)[O-])c([N+](=O)[O-])c1. The fourth-order valence-corrected chi connectivity index (χ4v) is 2.18. The Morgan fingerprint density at radius 1 is 1.07 bits per heavy atom. The predicted octanol–water partition coefficient (Wildman–Crippen LogP) is 3.55. The normalized spacial score (nSPS) is 10.9. The topological polar surface area (TPSA) is 134 Å². The van der Waals surface area contributed by atoms with Crippen molar-refractivity contribution in [2.75, 3.05) is 19.0 Å². The van der Waals surface area contributed by atoms with Gasteiger partial charge in [-0.1, -0.05) is 0 Å². The van der Waals surface area contributed by atoms with Gasteiger partial charge in [0.15, 0.2) is 12.4 Å². The Morgan fingerprint density at radius 2 is 1.72 bits per heavy atom. The Labute approximate surface area is 160 Å². The number of halogens is 3. The second-order valence-corrected chi connectivity index (χ2v) is 5.41. The third-order valence-corrected chi connectivity index (χ3v) is 3.52. The third-order valence-electron chi connectivity index (χ3n) is 3.52. The van der Waals surface area contributed by atoms with Gasteiger partial charge in [0, 0.05) is 6.07 Å². The number of nitro benzene ring substituents is 2. The number of rotatable bonds is 7. The lowest BCUT2D eigenvalue weighted by Crippen LogP contribution is -2.21. The minimum Gasteiger partial charge on any atom is -0.496 e. The number of ether oxygens (including phenoxy) is 2. The van der Waals surface area contributed by atoms with Crippen LogP contribution in [0, 0.1) is 20.2 Å². The molecule has 0 aromatic heterocycles. The van der Waals surface area contributed by atoms with E-state index in [-0.39, 0.29) is 17.6 Å². The van der Waals surface area contributed by atoms with Crippen LogP contribution in [0.1, 0.15) is 5.56 Å². The summed E-state index contributed by atoms with van der Waals surface area (Å²) < 4.78 is 48.0. The minimum atomic E-state index is -4.80. The van der Waals surface area contributed by atoms with E-state index in [9.17, 15) is 38.2 Å². The molecule has 154 valence electrons. The molecule has 10 nitrogen and oxygen atoms in total. The fourth-order valence-electron chi connectivity index (χ4n) is 2.18. The van der Waals surface area contributed by atoms with Crippen molar-refractivity contribution in [3.05, 3.63) is 62.2 Å². The molecule has 0 atom stereocenters. The maximum Gasteiger partial charge on any atom is 0.416 e. The van der Waals surface area contributed by atoms with Crippen LogP contribution in [-0.4, -0.2) is 29.5 Å². The molecule has 2 rings (SSSR count). The Morgan fingerprint density at radius 3 is 2.28 bits per heavy atom. The first-order chi connectivity index (χ1) is 13.5. The van der Waals surface area contributed by atoms with Crippen LogP contribution in [0.2, 0.25) is 0 Å².